The molecular formula is C7H6N2O5. The summed E-state index contributed by atoms with van der Waals surface area (Å²) < 4.78 is 4.27. The van der Waals surface area contributed by atoms with Crippen LogP contribution in [0.15, 0.2) is 11.0 Å². The molecule has 1 rings (SSSR count). The van der Waals surface area contributed by atoms with E-state index in [1.54, 1.807) is 0 Å². The summed E-state index contributed by atoms with van der Waals surface area (Å²) in [5.74, 6) is -2.37. The molecule has 0 saturated heterocycles. The van der Waals surface area contributed by atoms with Crippen LogP contribution in [0.3, 0.4) is 0 Å². The molecule has 0 amide bonds. The highest BCUT2D eigenvalue weighted by Crippen LogP contribution is 2.00. The summed E-state index contributed by atoms with van der Waals surface area (Å²) in [7, 11) is 1.07. The van der Waals surface area contributed by atoms with Crippen LogP contribution in [-0.2, 0) is 4.74 Å². The van der Waals surface area contributed by atoms with Crippen LogP contribution in [0.1, 0.15) is 21.0 Å². The van der Waals surface area contributed by atoms with Crippen molar-refractivity contribution in [3.8, 4) is 0 Å². The average molecular weight is 198 g/mol. The van der Waals surface area contributed by atoms with Gasteiger partial charge in [0.1, 0.15) is 0 Å². The Kier molecular flexibility index (Phi) is 2.61. The van der Waals surface area contributed by atoms with E-state index >= 15 is 0 Å². The third-order valence-electron chi connectivity index (χ3n) is 1.39. The van der Waals surface area contributed by atoms with Crippen LogP contribution in [-0.4, -0.2) is 34.1 Å². The van der Waals surface area contributed by atoms with Crippen LogP contribution >= 0.6 is 0 Å². The predicted octanol–water partition coefficient (Wildman–Crippen LogP) is -0.745. The van der Waals surface area contributed by atoms with Gasteiger partial charge < -0.3 is 14.8 Å². The smallest absolute Gasteiger partial charge is 0.357 e. The van der Waals surface area contributed by atoms with Gasteiger partial charge in [0, 0.05) is 0 Å². The van der Waals surface area contributed by atoms with Crippen molar-refractivity contribution in [1.29, 1.82) is 0 Å². The third kappa shape index (κ3) is 1.76. The highest BCUT2D eigenvalue weighted by atomic mass is 16.5. The van der Waals surface area contributed by atoms with E-state index in [9.17, 15) is 14.4 Å². The monoisotopic (exact) mass is 198 g/mol. The topological polar surface area (TPSA) is 109 Å². The molecule has 1 aromatic rings. The second-order valence-corrected chi connectivity index (χ2v) is 2.27. The van der Waals surface area contributed by atoms with E-state index in [0.29, 0.717) is 0 Å². The summed E-state index contributed by atoms with van der Waals surface area (Å²) in [5, 5.41) is 8.61. The summed E-state index contributed by atoms with van der Waals surface area (Å²) in [5.41, 5.74) is -1.68. The van der Waals surface area contributed by atoms with Crippen LogP contribution in [0.25, 0.3) is 0 Å². The van der Waals surface area contributed by atoms with Crippen molar-refractivity contribution in [2.45, 2.75) is 0 Å². The number of rotatable bonds is 2. The molecule has 0 saturated carbocycles. The summed E-state index contributed by atoms with van der Waals surface area (Å²) in [4.78, 5) is 37.7. The van der Waals surface area contributed by atoms with Gasteiger partial charge in [0.25, 0.3) is 5.56 Å². The fourth-order valence-electron chi connectivity index (χ4n) is 0.814. The Balaban J connectivity index is 3.37. The van der Waals surface area contributed by atoms with Crippen LogP contribution in [0.5, 0.6) is 0 Å². The average Bonchev–Trinajstić information content (AvgIpc) is 2.16. The number of nitrogens with zero attached hydrogens (tertiary/aromatic N) is 1. The maximum atomic E-state index is 11.0. The molecule has 1 heterocycles. The standard InChI is InChI=1S/C7H6N2O5/c1-14-7(13)5-4(6(11)12)8-2-3(10)9-5/h2H,1H3,(H,9,10)(H,11,12). The van der Waals surface area contributed by atoms with Crippen LogP contribution in [0.4, 0.5) is 0 Å². The minimum atomic E-state index is -1.42. The van der Waals surface area contributed by atoms with Gasteiger partial charge >= 0.3 is 11.9 Å². The van der Waals surface area contributed by atoms with E-state index in [1.165, 1.54) is 0 Å². The lowest BCUT2D eigenvalue weighted by Gasteiger charge is -2.01. The summed E-state index contributed by atoms with van der Waals surface area (Å²) in [6.07, 6.45) is 0.774. The maximum absolute atomic E-state index is 11.0. The first kappa shape index (κ1) is 9.90. The Morgan fingerprint density at radius 1 is 1.57 bits per heavy atom. The molecule has 0 atom stereocenters. The van der Waals surface area contributed by atoms with E-state index < -0.39 is 28.9 Å². The van der Waals surface area contributed by atoms with E-state index in [0.717, 1.165) is 13.3 Å². The van der Waals surface area contributed by atoms with Crippen molar-refractivity contribution in [3.63, 3.8) is 0 Å². The molecule has 7 heteroatoms. The van der Waals surface area contributed by atoms with Gasteiger partial charge in [0.15, 0.2) is 11.4 Å². The molecule has 0 aliphatic carbocycles. The number of nitrogens with one attached hydrogen (secondary N) is 1. The van der Waals surface area contributed by atoms with E-state index in [2.05, 4.69) is 9.72 Å². The van der Waals surface area contributed by atoms with Crippen LogP contribution in [0, 0.1) is 0 Å². The number of aromatic amines is 1. The van der Waals surface area contributed by atoms with Gasteiger partial charge in [-0.15, -0.1) is 0 Å². The molecule has 14 heavy (non-hydrogen) atoms. The van der Waals surface area contributed by atoms with Crippen molar-refractivity contribution in [1.82, 2.24) is 9.97 Å². The first-order valence-corrected chi connectivity index (χ1v) is 3.47. The van der Waals surface area contributed by atoms with Gasteiger partial charge in [0.2, 0.25) is 0 Å². The Bertz CT molecular complexity index is 436. The molecule has 0 radical (unpaired) electrons. The number of H-pyrrole nitrogens is 1. The van der Waals surface area contributed by atoms with Gasteiger partial charge in [-0.3, -0.25) is 4.79 Å². The first-order chi connectivity index (χ1) is 6.56. The molecule has 0 aromatic carbocycles. The molecule has 1 aromatic heterocycles. The fraction of sp³-hybridized carbons (Fsp3) is 0.143. The van der Waals surface area contributed by atoms with E-state index in [-0.39, 0.29) is 0 Å². The first-order valence-electron chi connectivity index (χ1n) is 3.47. The van der Waals surface area contributed by atoms with Gasteiger partial charge in [-0.05, 0) is 0 Å². The summed E-state index contributed by atoms with van der Waals surface area (Å²) in [6.45, 7) is 0. The lowest BCUT2D eigenvalue weighted by atomic mass is 10.3. The molecule has 0 aliphatic heterocycles. The SMILES string of the molecule is COC(=O)c1[nH]c(=O)cnc1C(=O)O. The number of hydrogen-bond donors (Lipinski definition) is 2. The highest BCUT2D eigenvalue weighted by molar-refractivity contribution is 5.99. The number of aromatic carboxylic acids is 1. The molecule has 74 valence electrons. The van der Waals surface area contributed by atoms with Crippen molar-refractivity contribution in [3.05, 3.63) is 27.9 Å². The number of ether oxygens (including phenoxy) is 1. The minimum Gasteiger partial charge on any atom is -0.476 e. The molecule has 0 unspecified atom stereocenters. The highest BCUT2D eigenvalue weighted by Gasteiger charge is 2.19. The van der Waals surface area contributed by atoms with E-state index in [4.69, 9.17) is 5.11 Å². The summed E-state index contributed by atoms with van der Waals surface area (Å²) in [6, 6.07) is 0. The lowest BCUT2D eigenvalue weighted by Crippen LogP contribution is -2.20. The second kappa shape index (κ2) is 3.69. The van der Waals surface area contributed by atoms with Gasteiger partial charge in [0.05, 0.1) is 13.3 Å². The number of esters is 1. The van der Waals surface area contributed by atoms with Crippen molar-refractivity contribution in [2.24, 2.45) is 0 Å². The predicted molar refractivity (Wildman–Crippen MR) is 43.2 cm³/mol. The molecule has 7 nitrogen and oxygen atoms in total. The Morgan fingerprint density at radius 3 is 2.71 bits per heavy atom. The lowest BCUT2D eigenvalue weighted by molar-refractivity contribution is 0.0572. The molecule has 0 spiro atoms. The quantitative estimate of drug-likeness (QED) is 0.605. The molecule has 0 fully saturated rings. The minimum absolute atomic E-state index is 0.465. The number of carbonyl (C=O) groups excluding carboxylic acids is 1. The van der Waals surface area contributed by atoms with Crippen LogP contribution < -0.4 is 5.56 Å². The fourth-order valence-corrected chi connectivity index (χ4v) is 0.814. The molecule has 0 bridgehead atoms. The van der Waals surface area contributed by atoms with Crippen LogP contribution in [0.2, 0.25) is 0 Å². The number of methoxy groups -OCH3 is 1. The number of carboxylic acids is 1. The second-order valence-electron chi connectivity index (χ2n) is 2.27. The zero-order valence-electron chi connectivity index (χ0n) is 7.10. The number of carboxylic acid groups (broad SMARTS) is 1. The zero-order valence-corrected chi connectivity index (χ0v) is 7.10. The largest absolute Gasteiger partial charge is 0.476 e. The van der Waals surface area contributed by atoms with Gasteiger partial charge in [-0.2, -0.15) is 0 Å². The molecular weight excluding hydrogens is 192 g/mol. The van der Waals surface area contributed by atoms with E-state index in [1.807, 2.05) is 4.98 Å². The number of hydrogen-bond acceptors (Lipinski definition) is 5. The Labute approximate surface area is 77.4 Å². The normalized spacial score (nSPS) is 9.50. The molecule has 0 aliphatic rings. The van der Waals surface area contributed by atoms with Crippen molar-refractivity contribution < 1.29 is 19.4 Å². The van der Waals surface area contributed by atoms with Crippen molar-refractivity contribution in [2.75, 3.05) is 7.11 Å². The Morgan fingerprint density at radius 2 is 2.21 bits per heavy atom. The summed E-state index contributed by atoms with van der Waals surface area (Å²) >= 11 is 0. The zero-order chi connectivity index (χ0) is 10.7. The third-order valence-corrected chi connectivity index (χ3v) is 1.39. The maximum Gasteiger partial charge on any atom is 0.357 e. The molecule has 2 N–H and O–H groups in total. The van der Waals surface area contributed by atoms with Gasteiger partial charge in [-0.1, -0.05) is 0 Å². The Hall–Kier alpha value is -2.18. The number of carbonyl (C=O) groups is 2. The number of aromatic nitrogens is 2. The van der Waals surface area contributed by atoms with Gasteiger partial charge in [-0.25, -0.2) is 14.6 Å². The van der Waals surface area contributed by atoms with Crippen molar-refractivity contribution >= 4 is 11.9 Å².